The molecule has 9 atom stereocenters. The highest BCUT2D eigenvalue weighted by atomic mass is 16.5. The van der Waals surface area contributed by atoms with Crippen molar-refractivity contribution in [1.29, 1.82) is 0 Å². The lowest BCUT2D eigenvalue weighted by molar-refractivity contribution is -0.0472. The van der Waals surface area contributed by atoms with Gasteiger partial charge >= 0.3 is 0 Å². The molecule has 41 heavy (non-hydrogen) atoms. The van der Waals surface area contributed by atoms with Crippen LogP contribution in [0.1, 0.15) is 157 Å². The lowest BCUT2D eigenvalue weighted by Crippen LogP contribution is -2.25. The number of unbranched alkanes of at least 4 members (excludes halogenated alkanes) is 8. The van der Waals surface area contributed by atoms with Crippen molar-refractivity contribution in [2.75, 3.05) is 26.4 Å². The maximum atomic E-state index is 9.74. The van der Waals surface area contributed by atoms with Gasteiger partial charge in [0, 0.05) is 13.2 Å². The second-order valence-electron chi connectivity index (χ2n) is 15.5. The summed E-state index contributed by atoms with van der Waals surface area (Å²) in [5.41, 5.74) is 0. The molecule has 0 aromatic rings. The van der Waals surface area contributed by atoms with Crippen LogP contribution in [0.5, 0.6) is 0 Å². The Morgan fingerprint density at radius 3 is 1.95 bits per heavy atom. The van der Waals surface area contributed by atoms with Crippen LogP contribution in [0.15, 0.2) is 0 Å². The van der Waals surface area contributed by atoms with Crippen molar-refractivity contribution in [2.24, 2.45) is 53.3 Å². The van der Waals surface area contributed by atoms with Gasteiger partial charge in [-0.25, -0.2) is 0 Å². The molecule has 3 saturated carbocycles. The predicted octanol–water partition coefficient (Wildman–Crippen LogP) is 10.5. The Kier molecular flexibility index (Phi) is 17.3. The first-order valence-corrected chi connectivity index (χ1v) is 18.7. The van der Waals surface area contributed by atoms with Crippen molar-refractivity contribution >= 4 is 0 Å². The highest BCUT2D eigenvalue weighted by Gasteiger charge is 2.71. The minimum absolute atomic E-state index is 0.0654. The summed E-state index contributed by atoms with van der Waals surface area (Å²) in [5.74, 6) is 8.80. The zero-order valence-corrected chi connectivity index (χ0v) is 28.3. The molecule has 3 heteroatoms. The molecule has 0 amide bonds. The van der Waals surface area contributed by atoms with Gasteiger partial charge in [-0.3, -0.25) is 0 Å². The van der Waals surface area contributed by atoms with Gasteiger partial charge in [0.2, 0.25) is 0 Å². The minimum Gasteiger partial charge on any atom is -0.394 e. The van der Waals surface area contributed by atoms with Gasteiger partial charge < -0.3 is 14.6 Å². The molecule has 0 spiro atoms. The van der Waals surface area contributed by atoms with Crippen LogP contribution in [0.4, 0.5) is 0 Å². The number of fused-ring (bicyclic) bond motifs is 1. The summed E-state index contributed by atoms with van der Waals surface area (Å²) in [7, 11) is 0. The third-order valence-corrected chi connectivity index (χ3v) is 11.2. The lowest BCUT2D eigenvalue weighted by atomic mass is 9.91. The van der Waals surface area contributed by atoms with Crippen molar-refractivity contribution in [3.8, 4) is 0 Å². The first kappa shape index (κ1) is 35.4. The molecule has 0 saturated heterocycles. The van der Waals surface area contributed by atoms with E-state index in [2.05, 4.69) is 34.6 Å². The third kappa shape index (κ3) is 14.5. The molecule has 0 aromatic heterocycles. The van der Waals surface area contributed by atoms with Crippen molar-refractivity contribution in [3.63, 3.8) is 0 Å². The van der Waals surface area contributed by atoms with Gasteiger partial charge in [-0.1, -0.05) is 125 Å². The number of rotatable bonds is 29. The smallest absolute Gasteiger partial charge is 0.104 e. The van der Waals surface area contributed by atoms with E-state index >= 15 is 0 Å². The van der Waals surface area contributed by atoms with Gasteiger partial charge in [0.15, 0.2) is 0 Å². The first-order valence-electron chi connectivity index (χ1n) is 18.7. The Labute approximate surface area is 256 Å². The summed E-state index contributed by atoms with van der Waals surface area (Å²) in [6, 6.07) is 0. The van der Waals surface area contributed by atoms with Crippen molar-refractivity contribution in [2.45, 2.75) is 163 Å². The molecule has 1 N–H and O–H groups in total. The fourth-order valence-electron chi connectivity index (χ4n) is 7.92. The molecule has 0 heterocycles. The molecule has 0 aromatic carbocycles. The molecule has 3 aliphatic rings. The Bertz CT molecular complexity index is 639. The standard InChI is InChI=1S/C38H72O3/c1-6-32-26-33(32)19-15-11-8-10-14-18-30(4)21-23-40-28-34(27-39)41-24-22-31(5)25-36-37-35(38(36)37)20-16-12-7-9-13-17-29(2)3/h29-39H,6-28H2,1-5H3/t30-,31-,32-,33-,34+,35?,36?,37-,38+/m0/s1. The number of hydrogen-bond acceptors (Lipinski definition) is 3. The molecule has 3 fully saturated rings. The largest absolute Gasteiger partial charge is 0.394 e. The fourth-order valence-corrected chi connectivity index (χ4v) is 7.92. The van der Waals surface area contributed by atoms with E-state index in [4.69, 9.17) is 9.47 Å². The number of ether oxygens (including phenoxy) is 2. The zero-order valence-electron chi connectivity index (χ0n) is 28.3. The molecule has 0 bridgehead atoms. The van der Waals surface area contributed by atoms with Crippen LogP contribution in [0.25, 0.3) is 0 Å². The number of aliphatic hydroxyl groups is 1. The third-order valence-electron chi connectivity index (χ3n) is 11.2. The summed E-state index contributed by atoms with van der Waals surface area (Å²) < 4.78 is 11.9. The Morgan fingerprint density at radius 1 is 0.659 bits per heavy atom. The maximum Gasteiger partial charge on any atom is 0.104 e. The normalized spacial score (nSPS) is 28.5. The van der Waals surface area contributed by atoms with Crippen LogP contribution in [-0.4, -0.2) is 37.6 Å². The van der Waals surface area contributed by atoms with E-state index in [9.17, 15) is 5.11 Å². The van der Waals surface area contributed by atoms with Gasteiger partial charge in [-0.2, -0.15) is 0 Å². The zero-order chi connectivity index (χ0) is 29.5. The summed E-state index contributed by atoms with van der Waals surface area (Å²) in [6.07, 6.45) is 26.4. The van der Waals surface area contributed by atoms with Crippen LogP contribution in [-0.2, 0) is 9.47 Å². The molecule has 3 rings (SSSR count). The lowest BCUT2D eigenvalue weighted by Gasteiger charge is -2.20. The van der Waals surface area contributed by atoms with Crippen LogP contribution in [0.3, 0.4) is 0 Å². The predicted molar refractivity (Wildman–Crippen MR) is 175 cm³/mol. The molecular formula is C38H72O3. The van der Waals surface area contributed by atoms with Gasteiger partial charge in [0.1, 0.15) is 6.10 Å². The highest BCUT2D eigenvalue weighted by molar-refractivity contribution is 5.18. The second-order valence-corrected chi connectivity index (χ2v) is 15.5. The van der Waals surface area contributed by atoms with Crippen LogP contribution in [0, 0.1) is 53.3 Å². The second kappa shape index (κ2) is 20.0. The summed E-state index contributed by atoms with van der Waals surface area (Å²) in [6.45, 7) is 13.9. The van der Waals surface area contributed by atoms with Gasteiger partial charge in [-0.15, -0.1) is 0 Å². The van der Waals surface area contributed by atoms with Crippen LogP contribution < -0.4 is 0 Å². The molecule has 3 aliphatic carbocycles. The van der Waals surface area contributed by atoms with E-state index in [-0.39, 0.29) is 12.7 Å². The molecule has 0 radical (unpaired) electrons. The number of hydrogen-bond donors (Lipinski definition) is 1. The summed E-state index contributed by atoms with van der Waals surface area (Å²) >= 11 is 0. The van der Waals surface area contributed by atoms with E-state index in [0.717, 1.165) is 79.3 Å². The molecule has 3 nitrogen and oxygen atoms in total. The average molecular weight is 577 g/mol. The average Bonchev–Trinajstić information content (AvgIpc) is 3.88. The maximum absolute atomic E-state index is 9.74. The highest BCUT2D eigenvalue weighted by Crippen LogP contribution is 2.76. The van der Waals surface area contributed by atoms with Crippen molar-refractivity contribution in [1.82, 2.24) is 0 Å². The molecular weight excluding hydrogens is 504 g/mol. The van der Waals surface area contributed by atoms with Crippen LogP contribution >= 0.6 is 0 Å². The van der Waals surface area contributed by atoms with E-state index < -0.39 is 0 Å². The first-order chi connectivity index (χ1) is 19.9. The monoisotopic (exact) mass is 577 g/mol. The SMILES string of the molecule is CC[C@H]1C[C@@H]1CCCCCCC[C@H](C)CCOC[C@@H](CO)OCC[C@H](C)CC1[C@H]2C(CCCCCCCC(C)C)[C@@H]12. The van der Waals surface area contributed by atoms with Crippen LogP contribution in [0.2, 0.25) is 0 Å². The van der Waals surface area contributed by atoms with Gasteiger partial charge in [0.25, 0.3) is 0 Å². The van der Waals surface area contributed by atoms with E-state index in [1.165, 1.54) is 109 Å². The molecule has 0 aliphatic heterocycles. The van der Waals surface area contributed by atoms with Gasteiger partial charge in [0.05, 0.1) is 13.2 Å². The fraction of sp³-hybridized carbons (Fsp3) is 1.00. The van der Waals surface area contributed by atoms with Gasteiger partial charge in [-0.05, 0) is 85.4 Å². The van der Waals surface area contributed by atoms with E-state index in [1.807, 2.05) is 0 Å². The number of aliphatic hydroxyl groups excluding tert-OH is 1. The van der Waals surface area contributed by atoms with Crippen molar-refractivity contribution < 1.29 is 14.6 Å². The quantitative estimate of drug-likeness (QED) is 0.0900. The van der Waals surface area contributed by atoms with E-state index in [1.54, 1.807) is 0 Å². The van der Waals surface area contributed by atoms with E-state index in [0.29, 0.717) is 6.61 Å². The topological polar surface area (TPSA) is 38.7 Å². The van der Waals surface area contributed by atoms with Crippen molar-refractivity contribution in [3.05, 3.63) is 0 Å². The molecule has 2 unspecified atom stereocenters. The summed E-state index contributed by atoms with van der Waals surface area (Å²) in [5, 5.41) is 9.74. The Morgan fingerprint density at radius 2 is 1.29 bits per heavy atom. The molecule has 242 valence electrons. The summed E-state index contributed by atoms with van der Waals surface area (Å²) in [4.78, 5) is 0. The Balaban J connectivity index is 1.05. The minimum atomic E-state index is -0.162. The Hall–Kier alpha value is -0.120.